The minimum absolute atomic E-state index is 0.0295. The zero-order valence-electron chi connectivity index (χ0n) is 25.7. The fourth-order valence-corrected chi connectivity index (χ4v) is 6.27. The van der Waals surface area contributed by atoms with E-state index < -0.39 is 0 Å². The van der Waals surface area contributed by atoms with Gasteiger partial charge in [0.05, 0.1) is 23.1 Å². The molecule has 11 heteroatoms. The molecule has 9 nitrogen and oxygen atoms in total. The van der Waals surface area contributed by atoms with E-state index in [0.717, 1.165) is 21.9 Å². The third-order valence-corrected chi connectivity index (χ3v) is 9.90. The summed E-state index contributed by atoms with van der Waals surface area (Å²) in [7, 11) is 1.56. The third kappa shape index (κ3) is 8.81. The SMILES string of the molecule is COc1cc(CSc2cnc(NC(=O)c3ccc(CNC(C)C(C)(C)C)cc3)s2)ccc1C(=O)N1CCN(C(C)=O)CC1. The average molecular weight is 624 g/mol. The maximum atomic E-state index is 13.1. The lowest BCUT2D eigenvalue weighted by Gasteiger charge is -2.34. The molecular formula is C32H41N5O4S2. The van der Waals surface area contributed by atoms with Crippen molar-refractivity contribution in [3.63, 3.8) is 0 Å². The molecule has 43 heavy (non-hydrogen) atoms. The summed E-state index contributed by atoms with van der Waals surface area (Å²) in [5, 5.41) is 6.98. The van der Waals surface area contributed by atoms with Gasteiger partial charge in [0.15, 0.2) is 5.13 Å². The molecule has 2 N–H and O–H groups in total. The molecule has 1 aliphatic heterocycles. The molecule has 1 fully saturated rings. The van der Waals surface area contributed by atoms with Crippen molar-refractivity contribution >= 4 is 46.0 Å². The van der Waals surface area contributed by atoms with Gasteiger partial charge in [0, 0.05) is 57.0 Å². The van der Waals surface area contributed by atoms with Crippen LogP contribution >= 0.6 is 23.1 Å². The Labute approximate surface area is 262 Å². The molecule has 230 valence electrons. The Kier molecular flexibility index (Phi) is 10.9. The first kappa shape index (κ1) is 32.5. The van der Waals surface area contributed by atoms with E-state index in [1.165, 1.54) is 11.3 Å². The van der Waals surface area contributed by atoms with E-state index in [-0.39, 0.29) is 23.1 Å². The van der Waals surface area contributed by atoms with Crippen molar-refractivity contribution in [1.82, 2.24) is 20.1 Å². The average Bonchev–Trinajstić information content (AvgIpc) is 3.45. The molecular weight excluding hydrogens is 583 g/mol. The number of anilines is 1. The number of benzene rings is 2. The summed E-state index contributed by atoms with van der Waals surface area (Å²) >= 11 is 3.02. The normalized spacial score (nSPS) is 14.4. The van der Waals surface area contributed by atoms with Gasteiger partial charge in [-0.25, -0.2) is 4.98 Å². The first-order valence-corrected chi connectivity index (χ1v) is 16.2. The predicted octanol–water partition coefficient (Wildman–Crippen LogP) is 5.52. The van der Waals surface area contributed by atoms with Crippen molar-refractivity contribution < 1.29 is 19.1 Å². The number of thiazole rings is 1. The molecule has 1 atom stereocenters. The Morgan fingerprint density at radius 2 is 1.67 bits per heavy atom. The fraction of sp³-hybridized carbons (Fsp3) is 0.438. The zero-order chi connectivity index (χ0) is 31.1. The number of hydrogen-bond donors (Lipinski definition) is 2. The number of thioether (sulfide) groups is 1. The summed E-state index contributed by atoms with van der Waals surface area (Å²) in [6, 6.07) is 13.6. The van der Waals surface area contributed by atoms with E-state index in [2.05, 4.69) is 43.3 Å². The molecule has 1 saturated heterocycles. The fourth-order valence-electron chi connectivity index (χ4n) is 4.46. The van der Waals surface area contributed by atoms with Crippen molar-refractivity contribution in [1.29, 1.82) is 0 Å². The number of rotatable bonds is 10. The highest BCUT2D eigenvalue weighted by Gasteiger charge is 2.25. The van der Waals surface area contributed by atoms with E-state index in [9.17, 15) is 14.4 Å². The van der Waals surface area contributed by atoms with Gasteiger partial charge < -0.3 is 19.9 Å². The number of hydrogen-bond acceptors (Lipinski definition) is 8. The number of carbonyl (C=O) groups is 3. The molecule has 2 aromatic carbocycles. The highest BCUT2D eigenvalue weighted by Crippen LogP contribution is 2.32. The van der Waals surface area contributed by atoms with E-state index in [1.807, 2.05) is 36.4 Å². The smallest absolute Gasteiger partial charge is 0.257 e. The largest absolute Gasteiger partial charge is 0.496 e. The number of methoxy groups -OCH3 is 1. The van der Waals surface area contributed by atoms with Gasteiger partial charge in [-0.1, -0.05) is 50.3 Å². The van der Waals surface area contributed by atoms with Crippen molar-refractivity contribution in [3.05, 3.63) is 70.9 Å². The van der Waals surface area contributed by atoms with Gasteiger partial charge in [-0.15, -0.1) is 11.8 Å². The summed E-state index contributed by atoms with van der Waals surface area (Å²) in [6.07, 6.45) is 1.76. The Bertz CT molecular complexity index is 1430. The zero-order valence-corrected chi connectivity index (χ0v) is 27.4. The van der Waals surface area contributed by atoms with Gasteiger partial charge >= 0.3 is 0 Å². The Balaban J connectivity index is 1.28. The van der Waals surface area contributed by atoms with Crippen LogP contribution in [0.4, 0.5) is 5.13 Å². The molecule has 0 saturated carbocycles. The van der Waals surface area contributed by atoms with Gasteiger partial charge in [-0.05, 0) is 47.7 Å². The van der Waals surface area contributed by atoms with Crippen LogP contribution in [0.2, 0.25) is 0 Å². The van der Waals surface area contributed by atoms with E-state index in [4.69, 9.17) is 4.74 Å². The topological polar surface area (TPSA) is 104 Å². The molecule has 2 heterocycles. The molecule has 1 aromatic heterocycles. The van der Waals surface area contributed by atoms with Crippen LogP contribution in [0, 0.1) is 5.41 Å². The van der Waals surface area contributed by atoms with Crippen LogP contribution in [0.15, 0.2) is 52.9 Å². The number of nitrogens with zero attached hydrogens (tertiary/aromatic N) is 3. The first-order chi connectivity index (χ1) is 20.4. The van der Waals surface area contributed by atoms with Gasteiger partial charge in [0.25, 0.3) is 11.8 Å². The predicted molar refractivity (Wildman–Crippen MR) is 173 cm³/mol. The highest BCUT2D eigenvalue weighted by atomic mass is 32.2. The van der Waals surface area contributed by atoms with E-state index in [1.54, 1.807) is 47.9 Å². The number of aromatic nitrogens is 1. The van der Waals surface area contributed by atoms with Crippen LogP contribution in [-0.4, -0.2) is 71.8 Å². The molecule has 1 aliphatic rings. The summed E-state index contributed by atoms with van der Waals surface area (Å²) in [4.78, 5) is 45.4. The lowest BCUT2D eigenvalue weighted by Crippen LogP contribution is -2.50. The summed E-state index contributed by atoms with van der Waals surface area (Å²) in [6.45, 7) is 13.2. The van der Waals surface area contributed by atoms with Crippen LogP contribution in [0.3, 0.4) is 0 Å². The lowest BCUT2D eigenvalue weighted by atomic mass is 9.88. The van der Waals surface area contributed by atoms with Crippen LogP contribution in [-0.2, 0) is 17.1 Å². The Morgan fingerprint density at radius 1 is 1.02 bits per heavy atom. The summed E-state index contributed by atoms with van der Waals surface area (Å²) in [5.74, 6) is 0.924. The molecule has 3 amide bonds. The summed E-state index contributed by atoms with van der Waals surface area (Å²) < 4.78 is 6.53. The van der Waals surface area contributed by atoms with Crippen molar-refractivity contribution in [2.45, 2.75) is 57.2 Å². The van der Waals surface area contributed by atoms with Crippen LogP contribution in [0.5, 0.6) is 5.75 Å². The third-order valence-electron chi connectivity index (χ3n) is 7.72. The molecule has 1 unspecified atom stereocenters. The Morgan fingerprint density at radius 3 is 2.30 bits per heavy atom. The van der Waals surface area contributed by atoms with E-state index >= 15 is 0 Å². The number of piperazine rings is 1. The maximum absolute atomic E-state index is 13.1. The standard InChI is InChI=1S/C32H41N5O4S2/c1-21(32(3,4)5)33-18-23-7-10-25(11-8-23)29(39)35-31-34-19-28(43-31)42-20-24-9-12-26(27(17-24)41-6)30(40)37-15-13-36(14-16-37)22(2)38/h7-12,17,19,21,33H,13-16,18,20H2,1-6H3,(H,34,35,39). The molecule has 0 radical (unpaired) electrons. The second-order valence-corrected chi connectivity index (χ2v) is 14.0. The number of carbonyl (C=O) groups excluding carboxylic acids is 3. The van der Waals surface area contributed by atoms with Gasteiger partial charge in [0.2, 0.25) is 5.91 Å². The lowest BCUT2D eigenvalue weighted by molar-refractivity contribution is -0.130. The molecule has 3 aromatic rings. The highest BCUT2D eigenvalue weighted by molar-refractivity contribution is 8.00. The summed E-state index contributed by atoms with van der Waals surface area (Å²) in [5.41, 5.74) is 3.41. The van der Waals surface area contributed by atoms with Crippen LogP contribution < -0.4 is 15.4 Å². The molecule has 4 rings (SSSR count). The molecule has 0 spiro atoms. The second kappa shape index (κ2) is 14.4. The minimum atomic E-state index is -0.193. The quantitative estimate of drug-likeness (QED) is 0.287. The Hall–Kier alpha value is -3.41. The second-order valence-electron chi connectivity index (χ2n) is 11.7. The van der Waals surface area contributed by atoms with Crippen molar-refractivity contribution in [3.8, 4) is 5.75 Å². The minimum Gasteiger partial charge on any atom is -0.496 e. The van der Waals surface area contributed by atoms with Crippen molar-refractivity contribution in [2.24, 2.45) is 5.41 Å². The number of nitrogens with one attached hydrogen (secondary N) is 2. The maximum Gasteiger partial charge on any atom is 0.257 e. The van der Waals surface area contributed by atoms with Crippen LogP contribution in [0.25, 0.3) is 0 Å². The van der Waals surface area contributed by atoms with Gasteiger partial charge in [-0.3, -0.25) is 19.7 Å². The number of ether oxygens (including phenoxy) is 1. The van der Waals surface area contributed by atoms with E-state index in [0.29, 0.717) is 60.0 Å². The van der Waals surface area contributed by atoms with Crippen LogP contribution in [0.1, 0.15) is 66.5 Å². The van der Waals surface area contributed by atoms with Crippen molar-refractivity contribution in [2.75, 3.05) is 38.6 Å². The monoisotopic (exact) mass is 623 g/mol. The number of amides is 3. The molecule has 0 bridgehead atoms. The van der Waals surface area contributed by atoms with Gasteiger partial charge in [0.1, 0.15) is 5.75 Å². The first-order valence-electron chi connectivity index (χ1n) is 14.4. The molecule has 0 aliphatic carbocycles. The van der Waals surface area contributed by atoms with Gasteiger partial charge in [-0.2, -0.15) is 0 Å².